The number of hydrogen-bond donors (Lipinski definition) is 2. The molecule has 7 nitrogen and oxygen atoms in total. The topological polar surface area (TPSA) is 118 Å². The normalized spacial score (nSPS) is 11.5. The van der Waals surface area contributed by atoms with Gasteiger partial charge in [-0.05, 0) is 25.5 Å². The van der Waals surface area contributed by atoms with E-state index in [4.69, 9.17) is 9.29 Å². The van der Waals surface area contributed by atoms with Gasteiger partial charge in [0, 0.05) is 18.8 Å². The SMILES string of the molecule is CCOCC.O=S(=O)(O)c1cccc(-c2ccccc2)c1S(=O)(=O)O. The van der Waals surface area contributed by atoms with Crippen LogP contribution in [-0.4, -0.2) is 39.2 Å². The van der Waals surface area contributed by atoms with E-state index in [0.29, 0.717) is 5.56 Å². The molecule has 0 atom stereocenters. The zero-order valence-corrected chi connectivity index (χ0v) is 15.4. The van der Waals surface area contributed by atoms with E-state index >= 15 is 0 Å². The molecule has 9 heteroatoms. The minimum atomic E-state index is -4.83. The lowest BCUT2D eigenvalue weighted by Crippen LogP contribution is -2.10. The summed E-state index contributed by atoms with van der Waals surface area (Å²) in [5, 5.41) is 0. The van der Waals surface area contributed by atoms with Crippen LogP contribution in [0.25, 0.3) is 11.1 Å². The Kier molecular flexibility index (Phi) is 7.71. The lowest BCUT2D eigenvalue weighted by Gasteiger charge is -2.10. The van der Waals surface area contributed by atoms with Crippen molar-refractivity contribution < 1.29 is 30.7 Å². The fourth-order valence-electron chi connectivity index (χ4n) is 2.03. The molecule has 0 bridgehead atoms. The largest absolute Gasteiger partial charge is 0.382 e. The van der Waals surface area contributed by atoms with Crippen molar-refractivity contribution >= 4 is 20.2 Å². The van der Waals surface area contributed by atoms with Crippen LogP contribution in [-0.2, 0) is 25.0 Å². The predicted octanol–water partition coefficient (Wildman–Crippen LogP) is 2.89. The van der Waals surface area contributed by atoms with Gasteiger partial charge in [0.1, 0.15) is 9.79 Å². The fraction of sp³-hybridized carbons (Fsp3) is 0.250. The van der Waals surface area contributed by atoms with Gasteiger partial charge in [0.05, 0.1) is 0 Å². The van der Waals surface area contributed by atoms with Gasteiger partial charge in [-0.3, -0.25) is 9.11 Å². The van der Waals surface area contributed by atoms with Gasteiger partial charge in [-0.25, -0.2) is 0 Å². The van der Waals surface area contributed by atoms with Crippen molar-refractivity contribution in [2.75, 3.05) is 13.2 Å². The lowest BCUT2D eigenvalue weighted by atomic mass is 10.1. The molecule has 0 spiro atoms. The molecule has 0 heterocycles. The molecule has 0 aliphatic carbocycles. The molecule has 0 aromatic heterocycles. The van der Waals surface area contributed by atoms with Gasteiger partial charge in [0.2, 0.25) is 0 Å². The Morgan fingerprint density at radius 3 is 1.76 bits per heavy atom. The highest BCUT2D eigenvalue weighted by atomic mass is 32.2. The molecule has 2 rings (SSSR count). The summed E-state index contributed by atoms with van der Waals surface area (Å²) in [5.41, 5.74) is 0.383. The van der Waals surface area contributed by atoms with Crippen molar-refractivity contribution in [2.45, 2.75) is 23.6 Å². The number of ether oxygens (including phenoxy) is 1. The lowest BCUT2D eigenvalue weighted by molar-refractivity contribution is 0.162. The summed E-state index contributed by atoms with van der Waals surface area (Å²) in [6.45, 7) is 5.67. The van der Waals surface area contributed by atoms with E-state index in [1.807, 2.05) is 13.8 Å². The average molecular weight is 388 g/mol. The maximum atomic E-state index is 11.5. The van der Waals surface area contributed by atoms with Crippen LogP contribution < -0.4 is 0 Å². The highest BCUT2D eigenvalue weighted by molar-refractivity contribution is 7.89. The van der Waals surface area contributed by atoms with Crippen LogP contribution in [0.1, 0.15) is 13.8 Å². The molecule has 0 aliphatic heterocycles. The van der Waals surface area contributed by atoms with Gasteiger partial charge in [-0.1, -0.05) is 42.5 Å². The summed E-state index contributed by atoms with van der Waals surface area (Å²) < 4.78 is 68.7. The van der Waals surface area contributed by atoms with E-state index in [2.05, 4.69) is 0 Å². The molecule has 0 aliphatic rings. The third-order valence-corrected chi connectivity index (χ3v) is 4.99. The number of benzene rings is 2. The Morgan fingerprint density at radius 2 is 1.36 bits per heavy atom. The van der Waals surface area contributed by atoms with Crippen molar-refractivity contribution in [1.82, 2.24) is 0 Å². The first-order chi connectivity index (χ1) is 11.6. The van der Waals surface area contributed by atoms with Crippen LogP contribution in [0.3, 0.4) is 0 Å². The molecule has 0 saturated heterocycles. The van der Waals surface area contributed by atoms with E-state index in [1.54, 1.807) is 30.3 Å². The van der Waals surface area contributed by atoms with Crippen LogP contribution in [0.2, 0.25) is 0 Å². The monoisotopic (exact) mass is 388 g/mol. The Morgan fingerprint density at radius 1 is 0.800 bits per heavy atom. The summed E-state index contributed by atoms with van der Waals surface area (Å²) in [5.74, 6) is 0. The Balaban J connectivity index is 0.000000550. The van der Waals surface area contributed by atoms with E-state index in [0.717, 1.165) is 19.3 Å². The summed E-state index contributed by atoms with van der Waals surface area (Å²) in [6.07, 6.45) is 0. The molecule has 0 saturated carbocycles. The van der Waals surface area contributed by atoms with Crippen molar-refractivity contribution in [3.05, 3.63) is 48.5 Å². The second-order valence-electron chi connectivity index (χ2n) is 4.73. The molecular weight excluding hydrogens is 368 g/mol. The van der Waals surface area contributed by atoms with Gasteiger partial charge < -0.3 is 4.74 Å². The molecule has 0 radical (unpaired) electrons. The quantitative estimate of drug-likeness (QED) is 0.756. The van der Waals surface area contributed by atoms with Gasteiger partial charge in [0.15, 0.2) is 0 Å². The average Bonchev–Trinajstić information content (AvgIpc) is 2.55. The first-order valence-electron chi connectivity index (χ1n) is 7.34. The van der Waals surface area contributed by atoms with Crippen molar-refractivity contribution in [3.63, 3.8) is 0 Å². The highest BCUT2D eigenvalue weighted by Crippen LogP contribution is 2.32. The van der Waals surface area contributed by atoms with Gasteiger partial charge in [-0.2, -0.15) is 16.8 Å². The summed E-state index contributed by atoms with van der Waals surface area (Å²) in [4.78, 5) is -1.70. The predicted molar refractivity (Wildman–Crippen MR) is 93.7 cm³/mol. The number of rotatable bonds is 5. The molecule has 2 aromatic rings. The molecule has 2 N–H and O–H groups in total. The zero-order valence-electron chi connectivity index (χ0n) is 13.8. The molecule has 0 fully saturated rings. The summed E-state index contributed by atoms with van der Waals surface area (Å²) in [7, 11) is -9.62. The number of hydrogen-bond acceptors (Lipinski definition) is 5. The molecular formula is C16H20O7S2. The van der Waals surface area contributed by atoms with Crippen LogP contribution >= 0.6 is 0 Å². The maximum absolute atomic E-state index is 11.5. The van der Waals surface area contributed by atoms with Gasteiger partial charge in [0.25, 0.3) is 20.2 Å². The van der Waals surface area contributed by atoms with Gasteiger partial charge >= 0.3 is 0 Å². The third kappa shape index (κ3) is 6.22. The van der Waals surface area contributed by atoms with Crippen molar-refractivity contribution in [2.24, 2.45) is 0 Å². The summed E-state index contributed by atoms with van der Waals surface area (Å²) >= 11 is 0. The van der Waals surface area contributed by atoms with Crippen LogP contribution in [0, 0.1) is 0 Å². The van der Waals surface area contributed by atoms with E-state index in [-0.39, 0.29) is 5.56 Å². The smallest absolute Gasteiger partial charge is 0.296 e. The second kappa shape index (κ2) is 9.07. The Bertz CT molecular complexity index is 887. The van der Waals surface area contributed by atoms with Crippen LogP contribution in [0.15, 0.2) is 58.3 Å². The minimum absolute atomic E-state index is 0.0109. The highest BCUT2D eigenvalue weighted by Gasteiger charge is 2.27. The van der Waals surface area contributed by atoms with E-state index in [9.17, 15) is 21.4 Å². The standard InChI is InChI=1S/C12H10O6S2.C4H10O/c13-19(14,15)11-8-4-7-10(12(11)20(16,17)18)9-5-2-1-3-6-9;1-3-5-4-2/h1-8H,(H,13,14,15)(H,16,17,18);3-4H2,1-2H3. The molecule has 25 heavy (non-hydrogen) atoms. The summed E-state index contributed by atoms with van der Waals surface area (Å²) in [6, 6.07) is 11.6. The molecule has 138 valence electrons. The Labute approximate surface area is 147 Å². The second-order valence-corrected chi connectivity index (χ2v) is 7.48. The first-order valence-corrected chi connectivity index (χ1v) is 10.2. The molecule has 0 unspecified atom stereocenters. The molecule has 0 amide bonds. The zero-order chi connectivity index (χ0) is 19.1. The van der Waals surface area contributed by atoms with E-state index in [1.165, 1.54) is 12.1 Å². The van der Waals surface area contributed by atoms with E-state index < -0.39 is 30.0 Å². The van der Waals surface area contributed by atoms with Crippen LogP contribution in [0.5, 0.6) is 0 Å². The first kappa shape index (κ1) is 21.3. The fourth-order valence-corrected chi connectivity index (χ4v) is 4.05. The van der Waals surface area contributed by atoms with Crippen molar-refractivity contribution in [3.8, 4) is 11.1 Å². The van der Waals surface area contributed by atoms with Crippen LogP contribution in [0.4, 0.5) is 0 Å². The molecule has 2 aromatic carbocycles. The third-order valence-electron chi connectivity index (χ3n) is 3.01. The Hall–Kier alpha value is -1.78. The van der Waals surface area contributed by atoms with Gasteiger partial charge in [-0.15, -0.1) is 0 Å². The van der Waals surface area contributed by atoms with Crippen molar-refractivity contribution in [1.29, 1.82) is 0 Å². The maximum Gasteiger partial charge on any atom is 0.296 e. The minimum Gasteiger partial charge on any atom is -0.382 e.